The van der Waals surface area contributed by atoms with Crippen LogP contribution in [0.2, 0.25) is 0 Å². The second kappa shape index (κ2) is 6.20. The van der Waals surface area contributed by atoms with E-state index >= 15 is 0 Å². The molecule has 0 atom stereocenters. The van der Waals surface area contributed by atoms with Gasteiger partial charge in [0.25, 0.3) is 10.0 Å². The lowest BCUT2D eigenvalue weighted by molar-refractivity contribution is 0.416. The van der Waals surface area contributed by atoms with E-state index in [9.17, 15) is 8.42 Å². The number of sulfonamides is 1. The van der Waals surface area contributed by atoms with E-state index in [-0.39, 0.29) is 4.34 Å². The highest BCUT2D eigenvalue weighted by molar-refractivity contribution is 7.91. The minimum Gasteiger partial charge on any atom is -0.496 e. The molecule has 0 spiro atoms. The lowest BCUT2D eigenvalue weighted by atomic mass is 10.0. The maximum atomic E-state index is 11.4. The average molecular weight is 386 g/mol. The van der Waals surface area contributed by atoms with E-state index in [1.54, 1.807) is 13.3 Å². The Bertz CT molecular complexity index is 1160. The Labute approximate surface area is 153 Å². The number of nitrogens with two attached hydrogens (primary N) is 1. The fourth-order valence-electron chi connectivity index (χ4n) is 2.64. The number of hydrogen-bond acceptors (Lipinski definition) is 6. The van der Waals surface area contributed by atoms with Gasteiger partial charge in [0.15, 0.2) is 0 Å². The zero-order chi connectivity index (χ0) is 18.3. The van der Waals surface area contributed by atoms with E-state index in [2.05, 4.69) is 10.1 Å². The van der Waals surface area contributed by atoms with Crippen LogP contribution in [0.4, 0.5) is 0 Å². The fraction of sp³-hybridized carbons (Fsp3) is 0.0588. The van der Waals surface area contributed by atoms with Crippen molar-refractivity contribution in [2.45, 2.75) is 4.34 Å². The van der Waals surface area contributed by atoms with Crippen LogP contribution in [0, 0.1) is 0 Å². The van der Waals surface area contributed by atoms with Crippen molar-refractivity contribution in [2.24, 2.45) is 5.14 Å². The summed E-state index contributed by atoms with van der Waals surface area (Å²) in [5.74, 6) is 0.808. The number of nitrogens with zero attached hydrogens (tertiary/aromatic N) is 3. The lowest BCUT2D eigenvalue weighted by Crippen LogP contribution is -2.12. The molecule has 0 aliphatic carbocycles. The zero-order valence-electron chi connectivity index (χ0n) is 13.7. The highest BCUT2D eigenvalue weighted by atomic mass is 32.2. The summed E-state index contributed by atoms with van der Waals surface area (Å²) in [7, 11) is -2.17. The Hall–Kier alpha value is -2.75. The molecule has 132 valence electrons. The predicted molar refractivity (Wildman–Crippen MR) is 99.7 cm³/mol. The molecule has 0 saturated heterocycles. The van der Waals surface area contributed by atoms with E-state index in [0.29, 0.717) is 10.7 Å². The molecule has 0 aliphatic rings. The van der Waals surface area contributed by atoms with Crippen LogP contribution >= 0.6 is 11.3 Å². The third-order valence-electron chi connectivity index (χ3n) is 3.87. The van der Waals surface area contributed by atoms with Crippen molar-refractivity contribution in [1.29, 1.82) is 0 Å². The van der Waals surface area contributed by atoms with Gasteiger partial charge in [-0.15, -0.1) is 5.10 Å². The number of ether oxygens (including phenoxy) is 1. The number of methoxy groups -OCH3 is 1. The molecule has 0 aliphatic heterocycles. The van der Waals surface area contributed by atoms with Gasteiger partial charge in [0.2, 0.25) is 9.30 Å². The number of rotatable bonds is 4. The summed E-state index contributed by atoms with van der Waals surface area (Å²) >= 11 is 0.936. The summed E-state index contributed by atoms with van der Waals surface area (Å²) < 4.78 is 29.4. The maximum Gasteiger partial charge on any atom is 0.267 e. The second-order valence-corrected chi connectivity index (χ2v) is 8.24. The highest BCUT2D eigenvalue weighted by Gasteiger charge is 2.17. The Balaban J connectivity index is 1.68. The summed E-state index contributed by atoms with van der Waals surface area (Å²) in [6.07, 6.45) is 1.68. The van der Waals surface area contributed by atoms with Crippen molar-refractivity contribution < 1.29 is 13.2 Å². The molecule has 26 heavy (non-hydrogen) atoms. The molecule has 0 fully saturated rings. The number of aromatic nitrogens is 3. The summed E-state index contributed by atoms with van der Waals surface area (Å²) in [6, 6.07) is 15.7. The van der Waals surface area contributed by atoms with Gasteiger partial charge in [-0.3, -0.25) is 0 Å². The quantitative estimate of drug-likeness (QED) is 0.581. The van der Waals surface area contributed by atoms with Gasteiger partial charge in [0, 0.05) is 11.1 Å². The minimum absolute atomic E-state index is 0.155. The van der Waals surface area contributed by atoms with Gasteiger partial charge in [0.1, 0.15) is 5.75 Å². The molecule has 0 radical (unpaired) electrons. The Morgan fingerprint density at radius 2 is 1.77 bits per heavy atom. The van der Waals surface area contributed by atoms with Crippen LogP contribution in [0.15, 0.2) is 59.1 Å². The number of hydrogen-bond donors (Lipinski definition) is 1. The van der Waals surface area contributed by atoms with Crippen molar-refractivity contribution in [1.82, 2.24) is 14.6 Å². The molecule has 0 bridgehead atoms. The molecule has 0 saturated carbocycles. The van der Waals surface area contributed by atoms with Crippen LogP contribution in [0.3, 0.4) is 0 Å². The van der Waals surface area contributed by atoms with Crippen LogP contribution in [-0.2, 0) is 10.0 Å². The van der Waals surface area contributed by atoms with Gasteiger partial charge in [-0.25, -0.2) is 23.1 Å². The normalized spacial score (nSPS) is 11.8. The van der Waals surface area contributed by atoms with Crippen LogP contribution in [0.5, 0.6) is 5.75 Å². The number of imidazole rings is 1. The first kappa shape index (κ1) is 16.7. The summed E-state index contributed by atoms with van der Waals surface area (Å²) in [6.45, 7) is 0. The monoisotopic (exact) mass is 386 g/mol. The topological polar surface area (TPSA) is 99.6 Å². The standard InChI is InChI=1S/C17H14N4O3S2/c1-24-15-5-3-2-4-13(15)11-6-8-12(9-7-11)14-10-21-16(19-14)25-17(20-21)26(18,22)23/h2-10H,1H3,(H2,18,22,23). The van der Waals surface area contributed by atoms with Gasteiger partial charge >= 0.3 is 0 Å². The molecule has 2 aromatic heterocycles. The smallest absolute Gasteiger partial charge is 0.267 e. The second-order valence-electron chi connectivity index (χ2n) is 5.54. The number of fused-ring (bicyclic) bond motifs is 1. The largest absolute Gasteiger partial charge is 0.496 e. The third kappa shape index (κ3) is 2.96. The molecular formula is C17H14N4O3S2. The predicted octanol–water partition coefficient (Wildman–Crippen LogP) is 2.78. The summed E-state index contributed by atoms with van der Waals surface area (Å²) in [4.78, 5) is 4.90. The van der Waals surface area contributed by atoms with E-state index in [4.69, 9.17) is 9.88 Å². The van der Waals surface area contributed by atoms with Gasteiger partial charge in [0.05, 0.1) is 19.0 Å². The van der Waals surface area contributed by atoms with Crippen LogP contribution < -0.4 is 9.88 Å². The Morgan fingerprint density at radius 3 is 2.42 bits per heavy atom. The summed E-state index contributed by atoms with van der Waals surface area (Å²) in [5, 5.41) is 9.05. The van der Waals surface area contributed by atoms with E-state index in [0.717, 1.165) is 33.8 Å². The zero-order valence-corrected chi connectivity index (χ0v) is 15.3. The molecule has 2 N–H and O–H groups in total. The maximum absolute atomic E-state index is 11.4. The molecule has 7 nitrogen and oxygen atoms in total. The molecule has 2 aromatic carbocycles. The van der Waals surface area contributed by atoms with Crippen LogP contribution in [0.25, 0.3) is 27.3 Å². The van der Waals surface area contributed by atoms with Gasteiger partial charge in [-0.05, 0) is 11.6 Å². The average Bonchev–Trinajstić information content (AvgIpc) is 3.21. The number of primary sulfonamides is 1. The Kier molecular flexibility index (Phi) is 3.98. The van der Waals surface area contributed by atoms with Crippen molar-refractivity contribution in [2.75, 3.05) is 7.11 Å². The van der Waals surface area contributed by atoms with Crippen molar-refractivity contribution in [3.8, 4) is 28.1 Å². The number of para-hydroxylation sites is 1. The number of benzene rings is 2. The van der Waals surface area contributed by atoms with Crippen molar-refractivity contribution >= 4 is 26.3 Å². The molecule has 9 heteroatoms. The van der Waals surface area contributed by atoms with E-state index in [1.165, 1.54) is 4.52 Å². The van der Waals surface area contributed by atoms with Crippen molar-refractivity contribution in [3.05, 3.63) is 54.7 Å². The van der Waals surface area contributed by atoms with Crippen LogP contribution in [-0.4, -0.2) is 30.1 Å². The minimum atomic E-state index is -3.82. The first-order valence-corrected chi connectivity index (χ1v) is 9.95. The lowest BCUT2D eigenvalue weighted by Gasteiger charge is -2.08. The first-order chi connectivity index (χ1) is 12.5. The highest BCUT2D eigenvalue weighted by Crippen LogP contribution is 2.31. The summed E-state index contributed by atoms with van der Waals surface area (Å²) in [5.41, 5.74) is 3.64. The van der Waals surface area contributed by atoms with E-state index < -0.39 is 10.0 Å². The van der Waals surface area contributed by atoms with Gasteiger partial charge in [-0.2, -0.15) is 0 Å². The molecule has 2 heterocycles. The SMILES string of the molecule is COc1ccccc1-c1ccc(-c2cn3nc(S(N)(=O)=O)sc3n2)cc1. The fourth-order valence-corrected chi connectivity index (χ4v) is 4.15. The first-order valence-electron chi connectivity index (χ1n) is 7.58. The molecular weight excluding hydrogens is 372 g/mol. The molecule has 0 amide bonds. The van der Waals surface area contributed by atoms with Crippen molar-refractivity contribution in [3.63, 3.8) is 0 Å². The van der Waals surface area contributed by atoms with Crippen LogP contribution in [0.1, 0.15) is 0 Å². The Morgan fingerprint density at radius 1 is 1.08 bits per heavy atom. The van der Waals surface area contributed by atoms with E-state index in [1.807, 2.05) is 48.5 Å². The van der Waals surface area contributed by atoms with Gasteiger partial charge < -0.3 is 4.74 Å². The van der Waals surface area contributed by atoms with Gasteiger partial charge in [-0.1, -0.05) is 53.8 Å². The molecule has 0 unspecified atom stereocenters. The third-order valence-corrected chi connectivity index (χ3v) is 6.10. The molecule has 4 rings (SSSR count). The molecule has 4 aromatic rings.